The Morgan fingerprint density at radius 1 is 1.31 bits per heavy atom. The summed E-state index contributed by atoms with van der Waals surface area (Å²) in [6.45, 7) is 0. The summed E-state index contributed by atoms with van der Waals surface area (Å²) in [5.41, 5.74) is 0.942. The van der Waals surface area contributed by atoms with Crippen molar-refractivity contribution in [1.29, 1.82) is 0 Å². The zero-order valence-corrected chi connectivity index (χ0v) is 7.57. The molecule has 1 aromatic rings. The van der Waals surface area contributed by atoms with Gasteiger partial charge in [0.1, 0.15) is 0 Å². The molecular formula is C11H13NO. The molecule has 13 heavy (non-hydrogen) atoms. The molecule has 0 bridgehead atoms. The third-order valence-electron chi connectivity index (χ3n) is 3.45. The number of hydrogen-bond acceptors (Lipinski definition) is 1. The van der Waals surface area contributed by atoms with E-state index >= 15 is 0 Å². The molecule has 3 rings (SSSR count). The molecule has 0 amide bonds. The third-order valence-corrected chi connectivity index (χ3v) is 3.45. The normalized spacial score (nSPS) is 31.5. The summed E-state index contributed by atoms with van der Waals surface area (Å²) in [6.07, 6.45) is 6.87. The van der Waals surface area contributed by atoms with E-state index in [1.807, 2.05) is 12.1 Å². The largest absolute Gasteiger partial charge is 0.341 e. The number of Topliss-reactive ketones (excluding diaryl/α,β-unsaturated/α-hetero) is 1. The quantitative estimate of drug-likeness (QED) is 0.593. The molecule has 0 spiro atoms. The van der Waals surface area contributed by atoms with E-state index in [1.165, 1.54) is 19.3 Å². The molecule has 0 unspecified atom stereocenters. The molecule has 68 valence electrons. The van der Waals surface area contributed by atoms with Crippen molar-refractivity contribution in [2.45, 2.75) is 31.7 Å². The molecule has 2 atom stereocenters. The van der Waals surface area contributed by atoms with E-state index in [1.54, 1.807) is 0 Å². The van der Waals surface area contributed by atoms with Gasteiger partial charge in [-0.1, -0.05) is 12.8 Å². The summed E-state index contributed by atoms with van der Waals surface area (Å²) in [5.74, 6) is 0.694. The van der Waals surface area contributed by atoms with Gasteiger partial charge in [-0.05, 0) is 25.0 Å². The van der Waals surface area contributed by atoms with Gasteiger partial charge in [0.15, 0.2) is 5.78 Å². The zero-order chi connectivity index (χ0) is 8.84. The first-order chi connectivity index (χ1) is 6.38. The monoisotopic (exact) mass is 175 g/mol. The van der Waals surface area contributed by atoms with Gasteiger partial charge in [0.05, 0.1) is 5.69 Å². The maximum Gasteiger partial charge on any atom is 0.184 e. The van der Waals surface area contributed by atoms with Crippen molar-refractivity contribution in [3.8, 4) is 0 Å². The molecule has 1 aliphatic heterocycles. The topological polar surface area (TPSA) is 22.0 Å². The average Bonchev–Trinajstić information content (AvgIpc) is 2.72. The SMILES string of the molecule is O=C1c2cccn2[C@H]2CCCC[C@@H]12. The second-order valence-corrected chi connectivity index (χ2v) is 4.12. The van der Waals surface area contributed by atoms with Crippen LogP contribution in [0.5, 0.6) is 0 Å². The van der Waals surface area contributed by atoms with E-state index in [9.17, 15) is 4.79 Å². The van der Waals surface area contributed by atoms with Gasteiger partial charge < -0.3 is 4.57 Å². The van der Waals surface area contributed by atoms with Gasteiger partial charge >= 0.3 is 0 Å². The van der Waals surface area contributed by atoms with Crippen LogP contribution in [0.2, 0.25) is 0 Å². The summed E-state index contributed by atoms with van der Waals surface area (Å²) in [5, 5.41) is 0. The fourth-order valence-electron chi connectivity index (χ4n) is 2.83. The fourth-order valence-corrected chi connectivity index (χ4v) is 2.83. The van der Waals surface area contributed by atoms with Crippen LogP contribution in [0.25, 0.3) is 0 Å². The maximum absolute atomic E-state index is 11.9. The first kappa shape index (κ1) is 7.36. The average molecular weight is 175 g/mol. The van der Waals surface area contributed by atoms with Crippen LogP contribution in [0, 0.1) is 5.92 Å². The first-order valence-corrected chi connectivity index (χ1v) is 5.09. The van der Waals surface area contributed by atoms with Crippen molar-refractivity contribution in [3.05, 3.63) is 24.0 Å². The summed E-state index contributed by atoms with van der Waals surface area (Å²) < 4.78 is 2.19. The highest BCUT2D eigenvalue weighted by atomic mass is 16.1. The molecule has 1 saturated carbocycles. The van der Waals surface area contributed by atoms with Crippen molar-refractivity contribution < 1.29 is 4.79 Å². The van der Waals surface area contributed by atoms with Crippen molar-refractivity contribution >= 4 is 5.78 Å². The van der Waals surface area contributed by atoms with Crippen molar-refractivity contribution in [1.82, 2.24) is 4.57 Å². The lowest BCUT2D eigenvalue weighted by atomic mass is 9.84. The molecule has 2 heterocycles. The van der Waals surface area contributed by atoms with Crippen LogP contribution >= 0.6 is 0 Å². The van der Waals surface area contributed by atoms with Gasteiger partial charge in [-0.15, -0.1) is 0 Å². The first-order valence-electron chi connectivity index (χ1n) is 5.09. The summed E-state index contributed by atoms with van der Waals surface area (Å²) in [7, 11) is 0. The molecule has 2 aliphatic rings. The Balaban J connectivity index is 2.08. The molecule has 1 aromatic heterocycles. The predicted octanol–water partition coefficient (Wildman–Crippen LogP) is 2.42. The van der Waals surface area contributed by atoms with Crippen molar-refractivity contribution in [2.24, 2.45) is 5.92 Å². The smallest absolute Gasteiger partial charge is 0.184 e. The van der Waals surface area contributed by atoms with Gasteiger partial charge in [0, 0.05) is 18.2 Å². The highest BCUT2D eigenvalue weighted by molar-refractivity contribution is 5.99. The second kappa shape index (κ2) is 2.47. The number of aromatic nitrogens is 1. The van der Waals surface area contributed by atoms with Crippen molar-refractivity contribution in [3.63, 3.8) is 0 Å². The minimum atomic E-state index is 0.310. The Morgan fingerprint density at radius 3 is 3.08 bits per heavy atom. The summed E-state index contributed by atoms with van der Waals surface area (Å²) >= 11 is 0. The van der Waals surface area contributed by atoms with Crippen LogP contribution in [-0.4, -0.2) is 10.4 Å². The Labute approximate surface area is 77.6 Å². The number of hydrogen-bond donors (Lipinski definition) is 0. The molecule has 0 aromatic carbocycles. The molecule has 0 saturated heterocycles. The Bertz CT molecular complexity index is 353. The van der Waals surface area contributed by atoms with Gasteiger partial charge in [0.2, 0.25) is 0 Å². The summed E-state index contributed by atoms with van der Waals surface area (Å²) in [6, 6.07) is 4.44. The van der Waals surface area contributed by atoms with E-state index in [4.69, 9.17) is 0 Å². The number of nitrogens with zero attached hydrogens (tertiary/aromatic N) is 1. The lowest BCUT2D eigenvalue weighted by molar-refractivity contribution is 0.0891. The molecule has 0 radical (unpaired) electrons. The van der Waals surface area contributed by atoms with Gasteiger partial charge in [0.25, 0.3) is 0 Å². The lowest BCUT2D eigenvalue weighted by Crippen LogP contribution is -2.19. The van der Waals surface area contributed by atoms with Gasteiger partial charge in [-0.3, -0.25) is 4.79 Å². The van der Waals surface area contributed by atoms with Crippen LogP contribution in [0.4, 0.5) is 0 Å². The third kappa shape index (κ3) is 0.859. The Hall–Kier alpha value is -1.05. The minimum absolute atomic E-state index is 0.310. The fraction of sp³-hybridized carbons (Fsp3) is 0.545. The Morgan fingerprint density at radius 2 is 2.15 bits per heavy atom. The number of carbonyl (C=O) groups is 1. The summed E-state index contributed by atoms with van der Waals surface area (Å²) in [4.78, 5) is 11.9. The van der Waals surface area contributed by atoms with Crippen LogP contribution in [0.3, 0.4) is 0 Å². The highest BCUT2D eigenvalue weighted by Gasteiger charge is 2.39. The van der Waals surface area contributed by atoms with E-state index in [0.29, 0.717) is 17.7 Å². The molecule has 0 N–H and O–H groups in total. The lowest BCUT2D eigenvalue weighted by Gasteiger charge is -2.24. The van der Waals surface area contributed by atoms with E-state index in [2.05, 4.69) is 10.8 Å². The molecule has 2 nitrogen and oxygen atoms in total. The van der Waals surface area contributed by atoms with Crippen molar-refractivity contribution in [2.75, 3.05) is 0 Å². The van der Waals surface area contributed by atoms with E-state index < -0.39 is 0 Å². The Kier molecular flexibility index (Phi) is 1.40. The number of rotatable bonds is 0. The zero-order valence-electron chi connectivity index (χ0n) is 7.57. The van der Waals surface area contributed by atoms with Crippen LogP contribution in [-0.2, 0) is 0 Å². The van der Waals surface area contributed by atoms with Crippen LogP contribution in [0.15, 0.2) is 18.3 Å². The van der Waals surface area contributed by atoms with E-state index in [0.717, 1.165) is 12.1 Å². The molecule has 1 aliphatic carbocycles. The standard InChI is InChI=1S/C11H13NO/c13-11-8-4-1-2-5-9(8)12-7-3-6-10(11)12/h3,6-9H,1-2,4-5H2/t8-,9+/m1/s1. The molecule has 2 heteroatoms. The van der Waals surface area contributed by atoms with Gasteiger partial charge in [-0.2, -0.15) is 0 Å². The maximum atomic E-state index is 11.9. The van der Waals surface area contributed by atoms with E-state index in [-0.39, 0.29) is 0 Å². The van der Waals surface area contributed by atoms with Crippen LogP contribution < -0.4 is 0 Å². The van der Waals surface area contributed by atoms with Gasteiger partial charge in [-0.25, -0.2) is 0 Å². The number of fused-ring (bicyclic) bond motifs is 3. The minimum Gasteiger partial charge on any atom is -0.341 e. The predicted molar refractivity (Wildman–Crippen MR) is 49.8 cm³/mol. The molecular weight excluding hydrogens is 162 g/mol. The molecule has 1 fully saturated rings. The number of ketones is 1. The highest BCUT2D eigenvalue weighted by Crippen LogP contribution is 2.41. The number of carbonyl (C=O) groups excluding carboxylic acids is 1. The second-order valence-electron chi connectivity index (χ2n) is 4.12. The van der Waals surface area contributed by atoms with Crippen LogP contribution in [0.1, 0.15) is 42.2 Å².